The Labute approximate surface area is 120 Å². The van der Waals surface area contributed by atoms with Gasteiger partial charge in [0, 0.05) is 45.2 Å². The second kappa shape index (κ2) is 6.26. The minimum Gasteiger partial charge on any atom is -0.359 e. The van der Waals surface area contributed by atoms with Gasteiger partial charge in [0.1, 0.15) is 5.82 Å². The molecule has 2 heterocycles. The lowest BCUT2D eigenvalue weighted by molar-refractivity contribution is -0.125. The maximum absolute atomic E-state index is 11.7. The van der Waals surface area contributed by atoms with Gasteiger partial charge in [0.05, 0.1) is 5.69 Å². The summed E-state index contributed by atoms with van der Waals surface area (Å²) in [6.07, 6.45) is 1.81. The van der Waals surface area contributed by atoms with Crippen LogP contribution < -0.4 is 15.5 Å². The number of carbonyl (C=O) groups is 1. The van der Waals surface area contributed by atoms with Gasteiger partial charge in [0.25, 0.3) is 0 Å². The van der Waals surface area contributed by atoms with Gasteiger partial charge in [-0.05, 0) is 26.8 Å². The van der Waals surface area contributed by atoms with Crippen molar-refractivity contribution in [3.63, 3.8) is 0 Å². The van der Waals surface area contributed by atoms with E-state index in [1.165, 1.54) is 11.4 Å². The minimum atomic E-state index is 0.151. The quantitative estimate of drug-likeness (QED) is 0.838. The largest absolute Gasteiger partial charge is 0.359 e. The maximum Gasteiger partial charge on any atom is 0.222 e. The molecule has 112 valence electrons. The fourth-order valence-electron chi connectivity index (χ4n) is 3.03. The van der Waals surface area contributed by atoms with Crippen LogP contribution in [-0.4, -0.2) is 42.9 Å². The number of rotatable bonds is 4. The van der Waals surface area contributed by atoms with Crippen LogP contribution in [0.3, 0.4) is 0 Å². The molecule has 0 atom stereocenters. The summed E-state index contributed by atoms with van der Waals surface area (Å²) in [6.45, 7) is 4.69. The normalized spacial score (nSPS) is 16.5. The molecule has 0 saturated carbocycles. The molecule has 0 unspecified atom stereocenters. The van der Waals surface area contributed by atoms with Crippen LogP contribution in [0.1, 0.15) is 24.1 Å². The van der Waals surface area contributed by atoms with Crippen molar-refractivity contribution in [2.24, 2.45) is 13.0 Å². The minimum absolute atomic E-state index is 0.151. The zero-order chi connectivity index (χ0) is 14.7. The molecular formula is C14H25N5O. The Kier molecular flexibility index (Phi) is 4.65. The number of nitrogens with one attached hydrogen (secondary N) is 2. The summed E-state index contributed by atoms with van der Waals surface area (Å²) in [4.78, 5) is 14.0. The highest BCUT2D eigenvalue weighted by atomic mass is 16.1. The van der Waals surface area contributed by atoms with Gasteiger partial charge in [-0.25, -0.2) is 0 Å². The number of hydrogen-bond acceptors (Lipinski definition) is 4. The van der Waals surface area contributed by atoms with E-state index in [-0.39, 0.29) is 11.8 Å². The van der Waals surface area contributed by atoms with Crippen molar-refractivity contribution in [1.29, 1.82) is 0 Å². The van der Waals surface area contributed by atoms with Crippen LogP contribution in [0.5, 0.6) is 0 Å². The van der Waals surface area contributed by atoms with Crippen molar-refractivity contribution >= 4 is 11.7 Å². The molecule has 6 nitrogen and oxygen atoms in total. The predicted octanol–water partition coefficient (Wildman–Crippen LogP) is 0.410. The first-order valence-electron chi connectivity index (χ1n) is 7.22. The van der Waals surface area contributed by atoms with Gasteiger partial charge in [0.15, 0.2) is 0 Å². The smallest absolute Gasteiger partial charge is 0.222 e. The molecule has 0 aliphatic carbocycles. The lowest BCUT2D eigenvalue weighted by atomic mass is 9.95. The Balaban J connectivity index is 2.12. The Morgan fingerprint density at radius 2 is 2.00 bits per heavy atom. The van der Waals surface area contributed by atoms with Crippen LogP contribution in [0.25, 0.3) is 0 Å². The van der Waals surface area contributed by atoms with Crippen LogP contribution in [0, 0.1) is 12.8 Å². The molecule has 2 rings (SSSR count). The lowest BCUT2D eigenvalue weighted by Gasteiger charge is -2.33. The topological polar surface area (TPSA) is 62.2 Å². The predicted molar refractivity (Wildman–Crippen MR) is 79.7 cm³/mol. The molecule has 6 heteroatoms. The molecule has 0 radical (unpaired) electrons. The van der Waals surface area contributed by atoms with E-state index < -0.39 is 0 Å². The van der Waals surface area contributed by atoms with E-state index in [2.05, 4.69) is 20.6 Å². The van der Waals surface area contributed by atoms with Crippen molar-refractivity contribution in [3.05, 3.63) is 11.3 Å². The summed E-state index contributed by atoms with van der Waals surface area (Å²) in [5.41, 5.74) is 2.33. The molecule has 0 aromatic carbocycles. The van der Waals surface area contributed by atoms with Gasteiger partial charge in [-0.1, -0.05) is 0 Å². The van der Waals surface area contributed by atoms with Crippen molar-refractivity contribution in [2.45, 2.75) is 26.3 Å². The van der Waals surface area contributed by atoms with Crippen molar-refractivity contribution in [3.8, 4) is 0 Å². The standard InChI is InChI=1S/C14H25N5O/c1-10-12(9-15-2)14(18(4)17-10)19-7-5-11(6-8-19)13(20)16-3/h11,15H,5-9H2,1-4H3,(H,16,20). The number of anilines is 1. The summed E-state index contributed by atoms with van der Waals surface area (Å²) < 4.78 is 1.96. The summed E-state index contributed by atoms with van der Waals surface area (Å²) in [7, 11) is 5.66. The molecule has 1 fully saturated rings. The molecule has 0 spiro atoms. The summed E-state index contributed by atoms with van der Waals surface area (Å²) >= 11 is 0. The molecule has 0 bridgehead atoms. The van der Waals surface area contributed by atoms with E-state index in [0.29, 0.717) is 0 Å². The molecule has 1 aliphatic rings. The SMILES string of the molecule is CNCc1c(C)nn(C)c1N1CCC(C(=O)NC)CC1. The van der Waals surface area contributed by atoms with E-state index in [0.717, 1.165) is 38.2 Å². The first kappa shape index (κ1) is 14.8. The Morgan fingerprint density at radius 1 is 1.35 bits per heavy atom. The number of amides is 1. The third-order valence-electron chi connectivity index (χ3n) is 4.08. The molecular weight excluding hydrogens is 254 g/mol. The summed E-state index contributed by atoms with van der Waals surface area (Å²) in [6, 6.07) is 0. The van der Waals surface area contributed by atoms with E-state index >= 15 is 0 Å². The van der Waals surface area contributed by atoms with E-state index in [4.69, 9.17) is 0 Å². The van der Waals surface area contributed by atoms with Crippen molar-refractivity contribution in [2.75, 3.05) is 32.1 Å². The van der Waals surface area contributed by atoms with E-state index in [1.807, 2.05) is 25.7 Å². The monoisotopic (exact) mass is 279 g/mol. The number of aryl methyl sites for hydroxylation is 2. The highest BCUT2D eigenvalue weighted by Crippen LogP contribution is 2.28. The first-order valence-corrected chi connectivity index (χ1v) is 7.22. The second-order valence-electron chi connectivity index (χ2n) is 5.42. The van der Waals surface area contributed by atoms with Crippen LogP contribution in [0.15, 0.2) is 0 Å². The van der Waals surface area contributed by atoms with Gasteiger partial charge in [-0.15, -0.1) is 0 Å². The van der Waals surface area contributed by atoms with Crippen molar-refractivity contribution < 1.29 is 4.79 Å². The molecule has 1 saturated heterocycles. The van der Waals surface area contributed by atoms with Gasteiger partial charge in [-0.2, -0.15) is 5.10 Å². The number of carbonyl (C=O) groups excluding carboxylic acids is 1. The fraction of sp³-hybridized carbons (Fsp3) is 0.714. The highest BCUT2D eigenvalue weighted by molar-refractivity contribution is 5.78. The molecule has 1 aromatic heterocycles. The molecule has 20 heavy (non-hydrogen) atoms. The molecule has 1 aliphatic heterocycles. The number of hydrogen-bond donors (Lipinski definition) is 2. The van der Waals surface area contributed by atoms with Crippen LogP contribution >= 0.6 is 0 Å². The van der Waals surface area contributed by atoms with Gasteiger partial charge in [0.2, 0.25) is 5.91 Å². The van der Waals surface area contributed by atoms with Gasteiger partial charge < -0.3 is 15.5 Å². The zero-order valence-electron chi connectivity index (χ0n) is 12.9. The number of aromatic nitrogens is 2. The summed E-state index contributed by atoms with van der Waals surface area (Å²) in [5.74, 6) is 1.51. The average molecular weight is 279 g/mol. The van der Waals surface area contributed by atoms with Crippen molar-refractivity contribution in [1.82, 2.24) is 20.4 Å². The van der Waals surface area contributed by atoms with Gasteiger partial charge in [-0.3, -0.25) is 9.48 Å². The number of nitrogens with zero attached hydrogens (tertiary/aromatic N) is 3. The maximum atomic E-state index is 11.7. The van der Waals surface area contributed by atoms with E-state index in [1.54, 1.807) is 7.05 Å². The first-order chi connectivity index (χ1) is 9.58. The molecule has 2 N–H and O–H groups in total. The Bertz CT molecular complexity index is 474. The average Bonchev–Trinajstić information content (AvgIpc) is 2.73. The second-order valence-corrected chi connectivity index (χ2v) is 5.42. The highest BCUT2D eigenvalue weighted by Gasteiger charge is 2.27. The Hall–Kier alpha value is -1.56. The third kappa shape index (κ3) is 2.80. The summed E-state index contributed by atoms with van der Waals surface area (Å²) in [5, 5.41) is 10.5. The molecule has 1 aromatic rings. The van der Waals surface area contributed by atoms with Gasteiger partial charge >= 0.3 is 0 Å². The van der Waals surface area contributed by atoms with Crippen LogP contribution in [-0.2, 0) is 18.4 Å². The van der Waals surface area contributed by atoms with Crippen LogP contribution in [0.2, 0.25) is 0 Å². The third-order valence-corrected chi connectivity index (χ3v) is 4.08. The number of piperidine rings is 1. The molecule has 1 amide bonds. The fourth-order valence-corrected chi connectivity index (χ4v) is 3.03. The lowest BCUT2D eigenvalue weighted by Crippen LogP contribution is -2.40. The zero-order valence-corrected chi connectivity index (χ0v) is 12.9. The van der Waals surface area contributed by atoms with Crippen LogP contribution in [0.4, 0.5) is 5.82 Å². The Morgan fingerprint density at radius 3 is 2.55 bits per heavy atom. The van der Waals surface area contributed by atoms with E-state index in [9.17, 15) is 4.79 Å².